The lowest BCUT2D eigenvalue weighted by atomic mass is 9.99. The van der Waals surface area contributed by atoms with Gasteiger partial charge in [0.25, 0.3) is 0 Å². The molecule has 2 aliphatic rings. The van der Waals surface area contributed by atoms with Crippen LogP contribution in [-0.4, -0.2) is 139 Å². The third kappa shape index (κ3) is 8.21. The standard InChI is InChI=1S/C37H38O19/c1-50-21-10-16(5-8-19(21)40)34-35(29(45)26-20(41)11-18(12-22(26)53-34)52-36-32(48)30(46)27(43)23(13-38)54-36)56-37-33(49)31(47)28(44)24(55-37)14-51-25(42)9-4-15-2-6-17(39)7-3-15/h2-12,23-24,27-28,30-33,36-41,43-44,46-49H,13-14H2,1H3. The molecular weight excluding hydrogens is 748 g/mol. The number of methoxy groups -OCH3 is 1. The smallest absolute Gasteiger partial charge is 0.330 e. The van der Waals surface area contributed by atoms with E-state index in [0.29, 0.717) is 5.56 Å². The molecule has 0 bridgehead atoms. The Balaban J connectivity index is 1.32. The first-order valence-electron chi connectivity index (χ1n) is 16.9. The molecule has 19 nitrogen and oxygen atoms in total. The van der Waals surface area contributed by atoms with Gasteiger partial charge in [0.15, 0.2) is 17.3 Å². The van der Waals surface area contributed by atoms with Crippen LogP contribution in [0.4, 0.5) is 0 Å². The summed E-state index contributed by atoms with van der Waals surface area (Å²) in [6.07, 6.45) is -15.0. The molecule has 1 aromatic heterocycles. The Kier molecular flexibility index (Phi) is 12.0. The molecule has 2 saturated heterocycles. The third-order valence-corrected chi connectivity index (χ3v) is 9.05. The van der Waals surface area contributed by atoms with Gasteiger partial charge < -0.3 is 83.9 Å². The van der Waals surface area contributed by atoms with Gasteiger partial charge in [-0.1, -0.05) is 12.1 Å². The molecule has 3 heterocycles. The van der Waals surface area contributed by atoms with Crippen LogP contribution in [0.5, 0.6) is 34.5 Å². The topological polar surface area (TPSA) is 305 Å². The zero-order chi connectivity index (χ0) is 40.4. The van der Waals surface area contributed by atoms with E-state index >= 15 is 0 Å². The normalized spacial score (nSPS) is 27.9. The van der Waals surface area contributed by atoms with Crippen LogP contribution in [0.1, 0.15) is 5.56 Å². The lowest BCUT2D eigenvalue weighted by Crippen LogP contribution is -2.60. The molecule has 4 aromatic rings. The molecule has 0 spiro atoms. The first-order valence-corrected chi connectivity index (χ1v) is 16.9. The quantitative estimate of drug-likeness (QED) is 0.0658. The van der Waals surface area contributed by atoms with Crippen molar-refractivity contribution in [3.63, 3.8) is 0 Å². The molecule has 0 amide bonds. The largest absolute Gasteiger partial charge is 0.508 e. The van der Waals surface area contributed by atoms with E-state index in [4.69, 9.17) is 32.8 Å². The average Bonchev–Trinajstić information content (AvgIpc) is 3.18. The van der Waals surface area contributed by atoms with Crippen molar-refractivity contribution in [1.29, 1.82) is 0 Å². The molecule has 2 fully saturated rings. The minimum Gasteiger partial charge on any atom is -0.508 e. The van der Waals surface area contributed by atoms with Crippen LogP contribution in [0.25, 0.3) is 28.4 Å². The zero-order valence-electron chi connectivity index (χ0n) is 29.2. The zero-order valence-corrected chi connectivity index (χ0v) is 29.2. The summed E-state index contributed by atoms with van der Waals surface area (Å²) in [5, 5.41) is 103. The van der Waals surface area contributed by atoms with Crippen molar-refractivity contribution in [3.05, 3.63) is 76.5 Å². The predicted octanol–water partition coefficient (Wildman–Crippen LogP) is -0.793. The lowest BCUT2D eigenvalue weighted by molar-refractivity contribution is -0.278. The Morgan fingerprint density at radius 3 is 2.07 bits per heavy atom. The fourth-order valence-electron chi connectivity index (χ4n) is 5.97. The first-order chi connectivity index (χ1) is 26.7. The molecule has 3 aromatic carbocycles. The minimum absolute atomic E-state index is 0.0210. The van der Waals surface area contributed by atoms with Crippen molar-refractivity contribution in [2.75, 3.05) is 20.3 Å². The van der Waals surface area contributed by atoms with E-state index in [-0.39, 0.29) is 34.1 Å². The summed E-state index contributed by atoms with van der Waals surface area (Å²) in [6.45, 7) is -1.40. The highest BCUT2D eigenvalue weighted by Gasteiger charge is 2.47. The van der Waals surface area contributed by atoms with Crippen molar-refractivity contribution in [2.45, 2.75) is 61.4 Å². The van der Waals surface area contributed by atoms with Crippen molar-refractivity contribution in [1.82, 2.24) is 0 Å². The van der Waals surface area contributed by atoms with Gasteiger partial charge in [0.1, 0.15) is 83.7 Å². The molecule has 0 aliphatic carbocycles. The molecular formula is C37H38O19. The highest BCUT2D eigenvalue weighted by molar-refractivity contribution is 5.89. The van der Waals surface area contributed by atoms with Crippen LogP contribution in [-0.2, 0) is 19.0 Å². The second-order valence-electron chi connectivity index (χ2n) is 12.8. The van der Waals surface area contributed by atoms with Crippen LogP contribution in [0.3, 0.4) is 0 Å². The molecule has 0 saturated carbocycles. The molecule has 10 atom stereocenters. The van der Waals surface area contributed by atoms with Gasteiger partial charge in [-0.05, 0) is 42.0 Å². The van der Waals surface area contributed by atoms with Crippen molar-refractivity contribution < 1.29 is 88.7 Å². The maximum absolute atomic E-state index is 14.1. The van der Waals surface area contributed by atoms with Gasteiger partial charge in [0, 0.05) is 23.8 Å². The number of esters is 1. The van der Waals surface area contributed by atoms with E-state index in [1.807, 2.05) is 0 Å². The number of carbonyl (C=O) groups is 1. The van der Waals surface area contributed by atoms with Gasteiger partial charge in [-0.15, -0.1) is 0 Å². The van der Waals surface area contributed by atoms with Gasteiger partial charge in [-0.3, -0.25) is 4.79 Å². The van der Waals surface area contributed by atoms with Gasteiger partial charge >= 0.3 is 5.97 Å². The number of carbonyl (C=O) groups excluding carboxylic acids is 1. The number of phenols is 3. The monoisotopic (exact) mass is 786 g/mol. The van der Waals surface area contributed by atoms with E-state index in [9.17, 15) is 60.7 Å². The summed E-state index contributed by atoms with van der Waals surface area (Å²) in [6, 6.07) is 11.7. The van der Waals surface area contributed by atoms with E-state index in [0.717, 1.165) is 18.2 Å². The maximum Gasteiger partial charge on any atom is 0.330 e. The number of aliphatic hydroxyl groups is 7. The van der Waals surface area contributed by atoms with Crippen molar-refractivity contribution in [2.24, 2.45) is 0 Å². The Bertz CT molecular complexity index is 2110. The number of aliphatic hydroxyl groups excluding tert-OH is 7. The second kappa shape index (κ2) is 16.7. The Hall–Kier alpha value is -5.48. The SMILES string of the molecule is COc1cc(-c2oc3cc(OC4OC(CO)C(O)C(O)C4O)cc(O)c3c(=O)c2OC2OC(COC(=O)C=Cc3ccc(O)cc3)C(O)C(O)C2O)ccc1O. The predicted molar refractivity (Wildman–Crippen MR) is 188 cm³/mol. The third-order valence-electron chi connectivity index (χ3n) is 9.05. The lowest BCUT2D eigenvalue weighted by Gasteiger charge is -2.39. The molecule has 0 radical (unpaired) electrons. The number of phenolic OH excluding ortho intramolecular Hbond substituents is 3. The number of fused-ring (bicyclic) bond motifs is 1. The number of ether oxygens (including phenoxy) is 6. The molecule has 6 rings (SSSR count). The fourth-order valence-corrected chi connectivity index (χ4v) is 5.97. The minimum atomic E-state index is -2.01. The Morgan fingerprint density at radius 2 is 1.41 bits per heavy atom. The Morgan fingerprint density at radius 1 is 0.768 bits per heavy atom. The number of hydrogen-bond acceptors (Lipinski definition) is 19. The highest BCUT2D eigenvalue weighted by Crippen LogP contribution is 2.40. The number of benzene rings is 3. The summed E-state index contributed by atoms with van der Waals surface area (Å²) in [7, 11) is 1.25. The van der Waals surface area contributed by atoms with Crippen LogP contribution in [0, 0.1) is 0 Å². The summed E-state index contributed by atoms with van der Waals surface area (Å²) in [5.41, 5.74) is -0.829. The van der Waals surface area contributed by atoms with E-state index in [1.165, 1.54) is 55.7 Å². The molecule has 56 heavy (non-hydrogen) atoms. The van der Waals surface area contributed by atoms with E-state index in [2.05, 4.69) is 0 Å². The van der Waals surface area contributed by atoms with Gasteiger partial charge in [0.2, 0.25) is 23.8 Å². The summed E-state index contributed by atoms with van der Waals surface area (Å²) >= 11 is 0. The Labute approximate surface area is 315 Å². The number of aromatic hydroxyl groups is 3. The molecule has 2 aliphatic heterocycles. The van der Waals surface area contributed by atoms with E-state index in [1.54, 1.807) is 0 Å². The fraction of sp³-hybridized carbons (Fsp3) is 0.351. The van der Waals surface area contributed by atoms with Crippen molar-refractivity contribution >= 4 is 23.0 Å². The maximum atomic E-state index is 14.1. The average molecular weight is 787 g/mol. The van der Waals surface area contributed by atoms with Crippen LogP contribution in [0.2, 0.25) is 0 Å². The highest BCUT2D eigenvalue weighted by atomic mass is 16.7. The summed E-state index contributed by atoms with van der Waals surface area (Å²) in [4.78, 5) is 26.6. The summed E-state index contributed by atoms with van der Waals surface area (Å²) in [5.74, 6) is -3.37. The van der Waals surface area contributed by atoms with Crippen LogP contribution in [0.15, 0.2) is 69.9 Å². The van der Waals surface area contributed by atoms with Gasteiger partial charge in [-0.2, -0.15) is 0 Å². The second-order valence-corrected chi connectivity index (χ2v) is 12.8. The molecule has 10 N–H and O–H groups in total. The van der Waals surface area contributed by atoms with Crippen molar-refractivity contribution in [3.8, 4) is 45.8 Å². The molecule has 19 heteroatoms. The molecule has 300 valence electrons. The van der Waals surface area contributed by atoms with Crippen LogP contribution < -0.4 is 19.6 Å². The van der Waals surface area contributed by atoms with E-state index < -0.39 is 109 Å². The first kappa shape index (κ1) is 40.2. The number of hydrogen-bond donors (Lipinski definition) is 10. The van der Waals surface area contributed by atoms with Gasteiger partial charge in [0.05, 0.1) is 13.7 Å². The van der Waals surface area contributed by atoms with Crippen LogP contribution >= 0.6 is 0 Å². The summed E-state index contributed by atoms with van der Waals surface area (Å²) < 4.78 is 38.9. The molecule has 10 unspecified atom stereocenters. The number of rotatable bonds is 11. The van der Waals surface area contributed by atoms with Gasteiger partial charge in [-0.25, -0.2) is 4.79 Å².